The van der Waals surface area contributed by atoms with E-state index in [1.807, 2.05) is 18.5 Å². The molecule has 0 saturated heterocycles. The molecule has 0 unspecified atom stereocenters. The maximum absolute atomic E-state index is 5.23. The zero-order valence-corrected chi connectivity index (χ0v) is 13.5. The normalized spacial score (nSPS) is 11.4. The molecule has 0 fully saturated rings. The molecule has 0 saturated carbocycles. The van der Waals surface area contributed by atoms with Crippen molar-refractivity contribution in [3.05, 3.63) is 24.5 Å². The first-order valence-corrected chi connectivity index (χ1v) is 7.99. The van der Waals surface area contributed by atoms with Gasteiger partial charge in [-0.25, -0.2) is 4.98 Å². The van der Waals surface area contributed by atoms with Crippen molar-refractivity contribution in [2.45, 2.75) is 39.7 Å². The van der Waals surface area contributed by atoms with Crippen LogP contribution in [0.15, 0.2) is 24.5 Å². The van der Waals surface area contributed by atoms with Crippen LogP contribution in [-0.2, 0) is 6.54 Å². The Labute approximate surface area is 127 Å². The van der Waals surface area contributed by atoms with E-state index in [-0.39, 0.29) is 0 Å². The van der Waals surface area contributed by atoms with Crippen molar-refractivity contribution in [2.75, 3.05) is 26.7 Å². The number of aryl methyl sites for hydroxylation is 1. The van der Waals surface area contributed by atoms with E-state index < -0.39 is 0 Å². The Morgan fingerprint density at radius 1 is 1.14 bits per heavy atom. The average molecular weight is 289 g/mol. The van der Waals surface area contributed by atoms with E-state index in [1.54, 1.807) is 7.11 Å². The van der Waals surface area contributed by atoms with E-state index in [1.165, 1.54) is 31.3 Å². The molecule has 21 heavy (non-hydrogen) atoms. The summed E-state index contributed by atoms with van der Waals surface area (Å²) < 4.78 is 7.48. The molecule has 0 aliphatic rings. The van der Waals surface area contributed by atoms with Gasteiger partial charge in [-0.3, -0.25) is 0 Å². The van der Waals surface area contributed by atoms with Gasteiger partial charge >= 0.3 is 0 Å². The summed E-state index contributed by atoms with van der Waals surface area (Å²) in [5, 5.41) is 0. The second-order valence-corrected chi connectivity index (χ2v) is 5.38. The second kappa shape index (κ2) is 8.03. The standard InChI is InChI=1S/C17H27N3O/c1-4-19(5-2)11-7-6-8-12-20-14-18-16-13-15(21-3)9-10-17(16)20/h9-10,13-14H,4-8,11-12H2,1-3H3. The van der Waals surface area contributed by atoms with Crippen LogP contribution in [0.25, 0.3) is 11.0 Å². The lowest BCUT2D eigenvalue weighted by Crippen LogP contribution is -2.23. The van der Waals surface area contributed by atoms with Crippen LogP contribution < -0.4 is 4.74 Å². The van der Waals surface area contributed by atoms with E-state index in [0.29, 0.717) is 0 Å². The molecule has 2 rings (SSSR count). The van der Waals surface area contributed by atoms with Gasteiger partial charge in [0, 0.05) is 12.6 Å². The predicted molar refractivity (Wildman–Crippen MR) is 87.9 cm³/mol. The fourth-order valence-corrected chi connectivity index (χ4v) is 2.68. The van der Waals surface area contributed by atoms with Crippen LogP contribution >= 0.6 is 0 Å². The number of hydrogen-bond donors (Lipinski definition) is 0. The molecule has 0 aliphatic carbocycles. The van der Waals surface area contributed by atoms with Crippen molar-refractivity contribution < 1.29 is 4.74 Å². The fourth-order valence-electron chi connectivity index (χ4n) is 2.68. The molecule has 2 aromatic rings. The Morgan fingerprint density at radius 3 is 2.67 bits per heavy atom. The number of ether oxygens (including phenoxy) is 1. The van der Waals surface area contributed by atoms with Gasteiger partial charge in [0.05, 0.1) is 24.5 Å². The molecule has 1 aromatic carbocycles. The van der Waals surface area contributed by atoms with E-state index in [9.17, 15) is 0 Å². The predicted octanol–water partition coefficient (Wildman–Crippen LogP) is 3.56. The fraction of sp³-hybridized carbons (Fsp3) is 0.588. The Hall–Kier alpha value is -1.55. The van der Waals surface area contributed by atoms with Crippen LogP contribution in [0.2, 0.25) is 0 Å². The van der Waals surface area contributed by atoms with E-state index in [4.69, 9.17) is 4.74 Å². The smallest absolute Gasteiger partial charge is 0.121 e. The number of methoxy groups -OCH3 is 1. The molecule has 116 valence electrons. The third-order valence-corrected chi connectivity index (χ3v) is 4.10. The molecule has 0 atom stereocenters. The summed E-state index contributed by atoms with van der Waals surface area (Å²) in [6.07, 6.45) is 5.70. The van der Waals surface area contributed by atoms with Crippen LogP contribution in [-0.4, -0.2) is 41.2 Å². The van der Waals surface area contributed by atoms with E-state index in [0.717, 1.165) is 30.9 Å². The summed E-state index contributed by atoms with van der Waals surface area (Å²) in [6.45, 7) is 9.04. The highest BCUT2D eigenvalue weighted by Gasteiger charge is 2.04. The zero-order chi connectivity index (χ0) is 15.1. The third-order valence-electron chi connectivity index (χ3n) is 4.10. The number of benzene rings is 1. The molecule has 0 spiro atoms. The summed E-state index contributed by atoms with van der Waals surface area (Å²) >= 11 is 0. The summed E-state index contributed by atoms with van der Waals surface area (Å²) in [5.41, 5.74) is 2.21. The van der Waals surface area contributed by atoms with Gasteiger partial charge in [-0.05, 0) is 44.6 Å². The first-order valence-electron chi connectivity index (χ1n) is 7.99. The summed E-state index contributed by atoms with van der Waals surface area (Å²) in [7, 11) is 1.69. The molecule has 0 amide bonds. The molecule has 0 bridgehead atoms. The van der Waals surface area contributed by atoms with Crippen LogP contribution in [0, 0.1) is 0 Å². The molecular formula is C17H27N3O. The highest BCUT2D eigenvalue weighted by atomic mass is 16.5. The van der Waals surface area contributed by atoms with Crippen LogP contribution in [0.3, 0.4) is 0 Å². The first kappa shape index (κ1) is 15.8. The van der Waals surface area contributed by atoms with Crippen molar-refractivity contribution >= 4 is 11.0 Å². The van der Waals surface area contributed by atoms with Gasteiger partial charge in [0.15, 0.2) is 0 Å². The van der Waals surface area contributed by atoms with Crippen molar-refractivity contribution in [2.24, 2.45) is 0 Å². The Kier molecular flexibility index (Phi) is 6.05. The Morgan fingerprint density at radius 2 is 1.95 bits per heavy atom. The Balaban J connectivity index is 1.81. The molecule has 0 radical (unpaired) electrons. The largest absolute Gasteiger partial charge is 0.497 e. The monoisotopic (exact) mass is 289 g/mol. The van der Waals surface area contributed by atoms with Gasteiger partial charge in [-0.1, -0.05) is 20.3 Å². The SMILES string of the molecule is CCN(CC)CCCCCn1cnc2cc(OC)ccc21. The molecule has 4 nitrogen and oxygen atoms in total. The maximum Gasteiger partial charge on any atom is 0.121 e. The summed E-state index contributed by atoms with van der Waals surface area (Å²) in [4.78, 5) is 6.94. The van der Waals surface area contributed by atoms with E-state index in [2.05, 4.69) is 34.4 Å². The highest BCUT2D eigenvalue weighted by molar-refractivity contribution is 5.76. The third kappa shape index (κ3) is 4.21. The number of imidazole rings is 1. The summed E-state index contributed by atoms with van der Waals surface area (Å²) in [6, 6.07) is 6.09. The van der Waals surface area contributed by atoms with Crippen LogP contribution in [0.5, 0.6) is 5.75 Å². The molecule has 0 aliphatic heterocycles. The van der Waals surface area contributed by atoms with Crippen LogP contribution in [0.4, 0.5) is 0 Å². The van der Waals surface area contributed by atoms with Crippen molar-refractivity contribution in [1.82, 2.24) is 14.5 Å². The first-order chi connectivity index (χ1) is 10.3. The second-order valence-electron chi connectivity index (χ2n) is 5.38. The average Bonchev–Trinajstić information content (AvgIpc) is 2.93. The minimum absolute atomic E-state index is 0.868. The number of aromatic nitrogens is 2. The Bertz CT molecular complexity index is 546. The van der Waals surface area contributed by atoms with Gasteiger partial charge in [0.2, 0.25) is 0 Å². The van der Waals surface area contributed by atoms with Crippen molar-refractivity contribution in [3.63, 3.8) is 0 Å². The minimum atomic E-state index is 0.868. The number of unbranched alkanes of at least 4 members (excludes halogenated alkanes) is 2. The van der Waals surface area contributed by atoms with E-state index >= 15 is 0 Å². The van der Waals surface area contributed by atoms with Gasteiger partial charge in [-0.2, -0.15) is 0 Å². The van der Waals surface area contributed by atoms with Gasteiger partial charge in [0.1, 0.15) is 5.75 Å². The zero-order valence-electron chi connectivity index (χ0n) is 13.5. The van der Waals surface area contributed by atoms with Crippen LogP contribution in [0.1, 0.15) is 33.1 Å². The number of rotatable bonds is 9. The quantitative estimate of drug-likeness (QED) is 0.661. The van der Waals surface area contributed by atoms with Crippen molar-refractivity contribution in [3.8, 4) is 5.75 Å². The number of fused-ring (bicyclic) bond motifs is 1. The van der Waals surface area contributed by atoms with Gasteiger partial charge in [0.25, 0.3) is 0 Å². The lowest BCUT2D eigenvalue weighted by Gasteiger charge is -2.17. The summed E-state index contributed by atoms with van der Waals surface area (Å²) in [5.74, 6) is 0.868. The molecule has 0 N–H and O–H groups in total. The topological polar surface area (TPSA) is 30.3 Å². The van der Waals surface area contributed by atoms with Gasteiger partial charge in [-0.15, -0.1) is 0 Å². The molecule has 1 aromatic heterocycles. The lowest BCUT2D eigenvalue weighted by atomic mass is 10.2. The number of hydrogen-bond acceptors (Lipinski definition) is 3. The van der Waals surface area contributed by atoms with Gasteiger partial charge < -0.3 is 14.2 Å². The molecule has 4 heteroatoms. The lowest BCUT2D eigenvalue weighted by molar-refractivity contribution is 0.295. The number of nitrogens with zero attached hydrogens (tertiary/aromatic N) is 3. The molecule has 1 heterocycles. The molecular weight excluding hydrogens is 262 g/mol. The van der Waals surface area contributed by atoms with Crippen molar-refractivity contribution in [1.29, 1.82) is 0 Å². The highest BCUT2D eigenvalue weighted by Crippen LogP contribution is 2.20. The minimum Gasteiger partial charge on any atom is -0.497 e. The maximum atomic E-state index is 5.23.